The second kappa shape index (κ2) is 7.48. The van der Waals surface area contributed by atoms with Crippen LogP contribution in [0.3, 0.4) is 0 Å². The zero-order valence-electron chi connectivity index (χ0n) is 15.1. The molecule has 2 aromatic heterocycles. The van der Waals surface area contributed by atoms with E-state index in [2.05, 4.69) is 15.2 Å². The molecule has 1 atom stereocenters. The summed E-state index contributed by atoms with van der Waals surface area (Å²) in [7, 11) is 0. The number of likely N-dealkylation sites (tertiary alicyclic amines) is 1. The number of aliphatic hydroxyl groups is 1. The van der Waals surface area contributed by atoms with Crippen molar-refractivity contribution in [1.29, 1.82) is 0 Å². The summed E-state index contributed by atoms with van der Waals surface area (Å²) >= 11 is 0. The molecule has 1 fully saturated rings. The Labute approximate surface area is 157 Å². The maximum Gasteiger partial charge on any atom is 0.274 e. The number of hydrogen-bond donors (Lipinski definition) is 2. The van der Waals surface area contributed by atoms with Crippen molar-refractivity contribution in [3.05, 3.63) is 47.0 Å². The number of H-pyrrole nitrogens is 1. The lowest BCUT2D eigenvalue weighted by molar-refractivity contribution is -0.131. The van der Waals surface area contributed by atoms with Gasteiger partial charge in [-0.1, -0.05) is 6.07 Å². The van der Waals surface area contributed by atoms with Gasteiger partial charge in [0, 0.05) is 31.0 Å². The number of aromatic nitrogens is 3. The minimum atomic E-state index is -0.126. The lowest BCUT2D eigenvalue weighted by atomic mass is 10.0. The Morgan fingerprint density at radius 3 is 3.00 bits per heavy atom. The first-order valence-electron chi connectivity index (χ1n) is 9.32. The minimum absolute atomic E-state index is 0.0189. The third-order valence-electron chi connectivity index (χ3n) is 5.42. The quantitative estimate of drug-likeness (QED) is 0.818. The van der Waals surface area contributed by atoms with E-state index < -0.39 is 0 Å². The van der Waals surface area contributed by atoms with Gasteiger partial charge < -0.3 is 14.9 Å². The molecule has 8 heteroatoms. The molecule has 2 aromatic rings. The normalized spacial score (nSPS) is 19.2. The van der Waals surface area contributed by atoms with Crippen LogP contribution in [0, 0.1) is 0 Å². The van der Waals surface area contributed by atoms with Gasteiger partial charge in [0.25, 0.3) is 5.91 Å². The number of pyridine rings is 1. The van der Waals surface area contributed by atoms with Gasteiger partial charge in [-0.3, -0.25) is 19.7 Å². The third kappa shape index (κ3) is 3.44. The Morgan fingerprint density at radius 2 is 2.22 bits per heavy atom. The minimum Gasteiger partial charge on any atom is -0.394 e. The van der Waals surface area contributed by atoms with Crippen molar-refractivity contribution in [2.24, 2.45) is 0 Å². The van der Waals surface area contributed by atoms with Crippen LogP contribution in [-0.2, 0) is 24.2 Å². The maximum absolute atomic E-state index is 12.9. The first kappa shape index (κ1) is 17.7. The van der Waals surface area contributed by atoms with Gasteiger partial charge in [0.1, 0.15) is 0 Å². The van der Waals surface area contributed by atoms with Gasteiger partial charge in [-0.15, -0.1) is 0 Å². The molecule has 0 bridgehead atoms. The van der Waals surface area contributed by atoms with Gasteiger partial charge in [-0.25, -0.2) is 0 Å². The lowest BCUT2D eigenvalue weighted by Crippen LogP contribution is -2.39. The van der Waals surface area contributed by atoms with Gasteiger partial charge in [0.15, 0.2) is 5.69 Å². The third-order valence-corrected chi connectivity index (χ3v) is 5.42. The molecular weight excluding hydrogens is 346 g/mol. The van der Waals surface area contributed by atoms with Crippen LogP contribution in [0.15, 0.2) is 24.5 Å². The van der Waals surface area contributed by atoms with Crippen LogP contribution in [0.5, 0.6) is 0 Å². The van der Waals surface area contributed by atoms with Crippen molar-refractivity contribution in [1.82, 2.24) is 25.0 Å². The Bertz CT molecular complexity index is 835. The summed E-state index contributed by atoms with van der Waals surface area (Å²) < 4.78 is 0. The SMILES string of the molecule is O=C(Cc1cccnc1)N1CCc2c(C(=O)N3CCC[C@@H]3CO)n[nH]c2C1. The van der Waals surface area contributed by atoms with E-state index in [4.69, 9.17) is 0 Å². The van der Waals surface area contributed by atoms with Crippen LogP contribution < -0.4 is 0 Å². The van der Waals surface area contributed by atoms with Gasteiger partial charge in [0.2, 0.25) is 5.91 Å². The number of nitrogens with one attached hydrogen (secondary N) is 1. The molecule has 0 aromatic carbocycles. The molecule has 0 saturated carbocycles. The highest BCUT2D eigenvalue weighted by atomic mass is 16.3. The fourth-order valence-corrected chi connectivity index (χ4v) is 3.93. The number of fused-ring (bicyclic) bond motifs is 1. The largest absolute Gasteiger partial charge is 0.394 e. The van der Waals surface area contributed by atoms with Crippen LogP contribution in [0.4, 0.5) is 0 Å². The predicted octanol–water partition coefficient (Wildman–Crippen LogP) is 0.529. The van der Waals surface area contributed by atoms with Gasteiger partial charge in [-0.2, -0.15) is 5.10 Å². The van der Waals surface area contributed by atoms with Gasteiger partial charge >= 0.3 is 0 Å². The molecule has 2 aliphatic rings. The second-order valence-electron chi connectivity index (χ2n) is 7.11. The van der Waals surface area contributed by atoms with E-state index in [0.29, 0.717) is 38.2 Å². The Hall–Kier alpha value is -2.74. The molecule has 27 heavy (non-hydrogen) atoms. The van der Waals surface area contributed by atoms with Crippen LogP contribution in [0.25, 0.3) is 0 Å². The topological polar surface area (TPSA) is 102 Å². The zero-order chi connectivity index (χ0) is 18.8. The van der Waals surface area contributed by atoms with Crippen LogP contribution in [0.1, 0.15) is 40.2 Å². The highest BCUT2D eigenvalue weighted by Crippen LogP contribution is 2.25. The van der Waals surface area contributed by atoms with E-state index in [9.17, 15) is 14.7 Å². The van der Waals surface area contributed by atoms with Crippen LogP contribution >= 0.6 is 0 Å². The number of hydrogen-bond acceptors (Lipinski definition) is 5. The Kier molecular flexibility index (Phi) is 4.89. The second-order valence-corrected chi connectivity index (χ2v) is 7.11. The van der Waals surface area contributed by atoms with Crippen LogP contribution in [-0.4, -0.2) is 67.6 Å². The smallest absolute Gasteiger partial charge is 0.274 e. The predicted molar refractivity (Wildman–Crippen MR) is 96.8 cm³/mol. The summed E-state index contributed by atoms with van der Waals surface area (Å²) in [6.07, 6.45) is 6.03. The van der Waals surface area contributed by atoms with Crippen molar-refractivity contribution < 1.29 is 14.7 Å². The van der Waals surface area contributed by atoms with Crippen molar-refractivity contribution >= 4 is 11.8 Å². The summed E-state index contributed by atoms with van der Waals surface area (Å²) in [6.45, 7) is 1.63. The molecule has 0 unspecified atom stereocenters. The van der Waals surface area contributed by atoms with Crippen molar-refractivity contribution in [2.45, 2.75) is 38.3 Å². The fourth-order valence-electron chi connectivity index (χ4n) is 3.93. The standard InChI is InChI=1S/C19H23N5O3/c25-12-14-4-2-7-24(14)19(27)18-15-5-8-23(11-16(15)21-22-18)17(26)9-13-3-1-6-20-10-13/h1,3,6,10,14,25H,2,4-5,7-9,11-12H2,(H,21,22)/t14-/m1/s1. The first-order valence-corrected chi connectivity index (χ1v) is 9.32. The number of aliphatic hydroxyl groups excluding tert-OH is 1. The number of nitrogens with zero attached hydrogens (tertiary/aromatic N) is 4. The van der Waals surface area contributed by atoms with Gasteiger partial charge in [0.05, 0.1) is 31.3 Å². The number of rotatable bonds is 4. The number of aromatic amines is 1. The summed E-state index contributed by atoms with van der Waals surface area (Å²) in [4.78, 5) is 33.0. The Balaban J connectivity index is 1.46. The zero-order valence-corrected chi connectivity index (χ0v) is 15.1. The van der Waals surface area contributed by atoms with E-state index in [-0.39, 0.29) is 24.5 Å². The molecule has 8 nitrogen and oxygen atoms in total. The maximum atomic E-state index is 12.9. The molecule has 1 saturated heterocycles. The molecule has 142 valence electrons. The van der Waals surface area contributed by atoms with Crippen LogP contribution in [0.2, 0.25) is 0 Å². The fraction of sp³-hybridized carbons (Fsp3) is 0.474. The highest BCUT2D eigenvalue weighted by molar-refractivity contribution is 5.94. The number of carbonyl (C=O) groups excluding carboxylic acids is 2. The van der Waals surface area contributed by atoms with Crippen molar-refractivity contribution in [2.75, 3.05) is 19.7 Å². The molecule has 2 N–H and O–H groups in total. The van der Waals surface area contributed by atoms with E-state index in [1.807, 2.05) is 12.1 Å². The number of amides is 2. The number of carbonyl (C=O) groups is 2. The van der Waals surface area contributed by atoms with Crippen molar-refractivity contribution in [3.63, 3.8) is 0 Å². The Morgan fingerprint density at radius 1 is 1.33 bits per heavy atom. The van der Waals surface area contributed by atoms with Crippen molar-refractivity contribution in [3.8, 4) is 0 Å². The molecule has 4 heterocycles. The van der Waals surface area contributed by atoms with E-state index in [1.165, 1.54) is 0 Å². The van der Waals surface area contributed by atoms with Gasteiger partial charge in [-0.05, 0) is 30.9 Å². The summed E-state index contributed by atoms with van der Waals surface area (Å²) in [6, 6.07) is 3.59. The molecule has 0 spiro atoms. The molecule has 0 aliphatic carbocycles. The average Bonchev–Trinajstić information content (AvgIpc) is 3.34. The van der Waals surface area contributed by atoms with E-state index >= 15 is 0 Å². The summed E-state index contributed by atoms with van der Waals surface area (Å²) in [5.74, 6) is -0.0878. The molecule has 0 radical (unpaired) electrons. The molecule has 2 aliphatic heterocycles. The van der Waals surface area contributed by atoms with E-state index in [0.717, 1.165) is 29.7 Å². The average molecular weight is 369 g/mol. The molecule has 4 rings (SSSR count). The first-order chi connectivity index (χ1) is 13.2. The monoisotopic (exact) mass is 369 g/mol. The molecular formula is C19H23N5O3. The lowest BCUT2D eigenvalue weighted by Gasteiger charge is -2.27. The highest BCUT2D eigenvalue weighted by Gasteiger charge is 2.34. The van der Waals surface area contributed by atoms with E-state index in [1.54, 1.807) is 22.2 Å². The molecule has 2 amide bonds. The summed E-state index contributed by atoms with van der Waals surface area (Å²) in [5.41, 5.74) is 3.04. The summed E-state index contributed by atoms with van der Waals surface area (Å²) in [5, 5.41) is 16.7.